The van der Waals surface area contributed by atoms with E-state index in [-0.39, 0.29) is 5.88 Å². The molecule has 0 unspecified atom stereocenters. The van der Waals surface area contributed by atoms with Gasteiger partial charge in [0.1, 0.15) is 0 Å². The van der Waals surface area contributed by atoms with E-state index in [0.29, 0.717) is 11.4 Å². The van der Waals surface area contributed by atoms with E-state index in [1.165, 1.54) is 0 Å². The minimum absolute atomic E-state index is 0.383. The van der Waals surface area contributed by atoms with Crippen molar-refractivity contribution >= 4 is 0 Å². The van der Waals surface area contributed by atoms with Crippen LogP contribution in [0.3, 0.4) is 0 Å². The van der Waals surface area contributed by atoms with E-state index in [2.05, 4.69) is 0 Å². The third-order valence-electron chi connectivity index (χ3n) is 3.39. The third-order valence-corrected chi connectivity index (χ3v) is 3.39. The summed E-state index contributed by atoms with van der Waals surface area (Å²) in [7, 11) is 0. The molecule has 0 saturated heterocycles. The SMILES string of the molecule is Cc1ccc(-n2c(O)cc(=O)n(-c3ccccc3)c2=O)cc1. The van der Waals surface area contributed by atoms with E-state index in [9.17, 15) is 14.7 Å². The van der Waals surface area contributed by atoms with Crippen molar-refractivity contribution in [3.8, 4) is 17.3 Å². The van der Waals surface area contributed by atoms with E-state index in [1.54, 1.807) is 42.5 Å². The molecular formula is C17H14N2O3. The summed E-state index contributed by atoms with van der Waals surface area (Å²) in [5.74, 6) is -0.383. The van der Waals surface area contributed by atoms with Gasteiger partial charge in [0.25, 0.3) is 5.56 Å². The van der Waals surface area contributed by atoms with Crippen molar-refractivity contribution in [3.05, 3.63) is 87.1 Å². The number of hydrogen-bond donors (Lipinski definition) is 1. The first kappa shape index (κ1) is 13.9. The van der Waals surface area contributed by atoms with Crippen molar-refractivity contribution in [2.45, 2.75) is 6.92 Å². The molecule has 0 amide bonds. The van der Waals surface area contributed by atoms with Crippen molar-refractivity contribution in [1.29, 1.82) is 0 Å². The maximum absolute atomic E-state index is 12.7. The molecule has 0 aliphatic rings. The second-order valence-electron chi connectivity index (χ2n) is 4.97. The highest BCUT2D eigenvalue weighted by atomic mass is 16.3. The second-order valence-corrected chi connectivity index (χ2v) is 4.97. The van der Waals surface area contributed by atoms with E-state index in [4.69, 9.17) is 0 Å². The number of hydrogen-bond acceptors (Lipinski definition) is 3. The highest BCUT2D eigenvalue weighted by Crippen LogP contribution is 2.13. The molecule has 1 heterocycles. The van der Waals surface area contributed by atoms with Gasteiger partial charge in [-0.1, -0.05) is 35.9 Å². The summed E-state index contributed by atoms with van der Waals surface area (Å²) in [5, 5.41) is 10.0. The van der Waals surface area contributed by atoms with Crippen molar-refractivity contribution in [2.75, 3.05) is 0 Å². The van der Waals surface area contributed by atoms with Gasteiger partial charge in [-0.3, -0.25) is 4.79 Å². The number of nitrogens with zero attached hydrogens (tertiary/aromatic N) is 2. The van der Waals surface area contributed by atoms with Crippen LogP contribution in [0.1, 0.15) is 5.56 Å². The largest absolute Gasteiger partial charge is 0.494 e. The molecule has 0 aliphatic carbocycles. The third kappa shape index (κ3) is 2.33. The van der Waals surface area contributed by atoms with Gasteiger partial charge in [-0.15, -0.1) is 0 Å². The zero-order chi connectivity index (χ0) is 15.7. The average Bonchev–Trinajstić information content (AvgIpc) is 2.50. The van der Waals surface area contributed by atoms with Gasteiger partial charge in [-0.25, -0.2) is 13.9 Å². The van der Waals surface area contributed by atoms with Gasteiger partial charge < -0.3 is 5.11 Å². The van der Waals surface area contributed by atoms with Crippen molar-refractivity contribution in [2.24, 2.45) is 0 Å². The molecular weight excluding hydrogens is 280 g/mol. The summed E-state index contributed by atoms with van der Waals surface area (Å²) in [6, 6.07) is 16.7. The fourth-order valence-electron chi connectivity index (χ4n) is 2.28. The number of para-hydroxylation sites is 1. The number of benzene rings is 2. The van der Waals surface area contributed by atoms with Crippen molar-refractivity contribution in [3.63, 3.8) is 0 Å². The number of aromatic nitrogens is 2. The molecule has 2 aromatic carbocycles. The fourth-order valence-corrected chi connectivity index (χ4v) is 2.28. The molecule has 3 rings (SSSR count). The van der Waals surface area contributed by atoms with Crippen LogP contribution in [-0.4, -0.2) is 14.2 Å². The zero-order valence-electron chi connectivity index (χ0n) is 11.9. The van der Waals surface area contributed by atoms with Crippen LogP contribution >= 0.6 is 0 Å². The lowest BCUT2D eigenvalue weighted by atomic mass is 10.2. The predicted molar refractivity (Wildman–Crippen MR) is 84.0 cm³/mol. The Morgan fingerprint density at radius 2 is 1.41 bits per heavy atom. The Balaban J connectivity index is 2.31. The van der Waals surface area contributed by atoms with Crippen molar-refractivity contribution in [1.82, 2.24) is 9.13 Å². The van der Waals surface area contributed by atoms with E-state index in [1.807, 2.05) is 19.1 Å². The van der Waals surface area contributed by atoms with Gasteiger partial charge in [-0.05, 0) is 31.2 Å². The second kappa shape index (κ2) is 5.37. The lowest BCUT2D eigenvalue weighted by molar-refractivity contribution is 0.428. The first-order valence-corrected chi connectivity index (χ1v) is 6.78. The predicted octanol–water partition coefficient (Wildman–Crippen LogP) is 2.00. The molecule has 1 N–H and O–H groups in total. The number of aryl methyl sites for hydroxylation is 1. The maximum Gasteiger partial charge on any atom is 0.343 e. The molecule has 110 valence electrons. The Hall–Kier alpha value is -3.08. The van der Waals surface area contributed by atoms with Crippen LogP contribution in [0.2, 0.25) is 0 Å². The van der Waals surface area contributed by atoms with Crippen LogP contribution in [-0.2, 0) is 0 Å². The molecule has 0 atom stereocenters. The average molecular weight is 294 g/mol. The molecule has 22 heavy (non-hydrogen) atoms. The van der Waals surface area contributed by atoms with Crippen LogP contribution in [0.15, 0.2) is 70.3 Å². The number of rotatable bonds is 2. The Morgan fingerprint density at radius 3 is 2.05 bits per heavy atom. The lowest BCUT2D eigenvalue weighted by Gasteiger charge is -2.12. The molecule has 0 radical (unpaired) electrons. The summed E-state index contributed by atoms with van der Waals surface area (Å²) in [6.07, 6.45) is 0. The standard InChI is InChI=1S/C17H14N2O3/c1-12-7-9-14(10-8-12)19-16(21)11-15(20)18(17(19)22)13-5-3-2-4-6-13/h2-11,21H,1H3. The Bertz CT molecular complexity index is 923. The van der Waals surface area contributed by atoms with Crippen LogP contribution in [0.25, 0.3) is 11.4 Å². The molecule has 0 saturated carbocycles. The van der Waals surface area contributed by atoms with E-state index < -0.39 is 11.2 Å². The van der Waals surface area contributed by atoms with Gasteiger partial charge in [0, 0.05) is 0 Å². The fraction of sp³-hybridized carbons (Fsp3) is 0.0588. The smallest absolute Gasteiger partial charge is 0.343 e. The summed E-state index contributed by atoms with van der Waals surface area (Å²) in [6.45, 7) is 1.93. The normalized spacial score (nSPS) is 10.6. The summed E-state index contributed by atoms with van der Waals surface area (Å²) in [4.78, 5) is 24.8. The Labute approximate surface area is 126 Å². The first-order valence-electron chi connectivity index (χ1n) is 6.78. The molecule has 0 fully saturated rings. The first-order chi connectivity index (χ1) is 10.6. The van der Waals surface area contributed by atoms with E-state index >= 15 is 0 Å². The van der Waals surface area contributed by atoms with Gasteiger partial charge in [0.2, 0.25) is 5.88 Å². The monoisotopic (exact) mass is 294 g/mol. The molecule has 5 nitrogen and oxygen atoms in total. The highest BCUT2D eigenvalue weighted by molar-refractivity contribution is 5.39. The van der Waals surface area contributed by atoms with Gasteiger partial charge in [0.05, 0.1) is 17.4 Å². The summed E-state index contributed by atoms with van der Waals surface area (Å²) >= 11 is 0. The van der Waals surface area contributed by atoms with Crippen molar-refractivity contribution < 1.29 is 5.11 Å². The van der Waals surface area contributed by atoms with Crippen LogP contribution in [0.4, 0.5) is 0 Å². The maximum atomic E-state index is 12.7. The van der Waals surface area contributed by atoms with Gasteiger partial charge in [-0.2, -0.15) is 0 Å². The van der Waals surface area contributed by atoms with Gasteiger partial charge >= 0.3 is 5.69 Å². The van der Waals surface area contributed by atoms with E-state index in [0.717, 1.165) is 20.8 Å². The Morgan fingerprint density at radius 1 is 0.818 bits per heavy atom. The van der Waals surface area contributed by atoms with Crippen LogP contribution < -0.4 is 11.2 Å². The summed E-state index contributed by atoms with van der Waals surface area (Å²) in [5.41, 5.74) is 0.806. The molecule has 5 heteroatoms. The molecule has 1 aromatic heterocycles. The van der Waals surface area contributed by atoms with Gasteiger partial charge in [0.15, 0.2) is 0 Å². The zero-order valence-corrected chi connectivity index (χ0v) is 11.9. The number of aromatic hydroxyl groups is 1. The van der Waals surface area contributed by atoms with Crippen LogP contribution in [0, 0.1) is 6.92 Å². The molecule has 0 aliphatic heterocycles. The lowest BCUT2D eigenvalue weighted by Crippen LogP contribution is -2.37. The van der Waals surface area contributed by atoms with Crippen LogP contribution in [0.5, 0.6) is 5.88 Å². The minimum Gasteiger partial charge on any atom is -0.494 e. The molecule has 0 bridgehead atoms. The highest BCUT2D eigenvalue weighted by Gasteiger charge is 2.13. The molecule has 0 spiro atoms. The molecule has 3 aromatic rings. The quantitative estimate of drug-likeness (QED) is 0.786. The summed E-state index contributed by atoms with van der Waals surface area (Å²) < 4.78 is 2.13. The minimum atomic E-state index is -0.611. The Kier molecular flexibility index (Phi) is 3.39. The topological polar surface area (TPSA) is 64.2 Å².